The fraction of sp³-hybridized carbons (Fsp3) is 0.227. The van der Waals surface area contributed by atoms with Crippen LogP contribution >= 0.6 is 11.3 Å². The molecule has 31 heavy (non-hydrogen) atoms. The zero-order valence-corrected chi connectivity index (χ0v) is 18.1. The summed E-state index contributed by atoms with van der Waals surface area (Å²) in [6.07, 6.45) is 2.72. The molecule has 0 aliphatic carbocycles. The highest BCUT2D eigenvalue weighted by atomic mass is 32.1. The molecule has 0 bridgehead atoms. The van der Waals surface area contributed by atoms with Crippen molar-refractivity contribution < 1.29 is 19.2 Å². The molecule has 0 fully saturated rings. The van der Waals surface area contributed by atoms with Crippen LogP contribution in [-0.4, -0.2) is 28.0 Å². The molecule has 1 amide bonds. The van der Waals surface area contributed by atoms with E-state index < -0.39 is 16.8 Å². The number of aryl methyl sites for hydroxylation is 2. The summed E-state index contributed by atoms with van der Waals surface area (Å²) in [5.74, 6) is -0.951. The standard InChI is InChI=1S/C22H21N3O5S/c1-4-30-20(27)13-24-21-15(3)10-14(2)11-18(21)31-22(24)23-19(26)9-8-16-6-5-7-17(12-16)25(28)29/h5-12H,4,13H2,1-3H3/b9-8+,23-22?. The van der Waals surface area contributed by atoms with Crippen molar-refractivity contribution in [1.29, 1.82) is 0 Å². The Labute approximate surface area is 182 Å². The number of nitrogens with zero attached hydrogens (tertiary/aromatic N) is 3. The number of benzene rings is 2. The van der Waals surface area contributed by atoms with Crippen LogP contribution in [0.4, 0.5) is 5.69 Å². The number of thiazole rings is 1. The Morgan fingerprint density at radius 3 is 2.74 bits per heavy atom. The van der Waals surface area contributed by atoms with Crippen molar-refractivity contribution >= 4 is 45.2 Å². The molecule has 0 atom stereocenters. The van der Waals surface area contributed by atoms with Crippen LogP contribution in [0.3, 0.4) is 0 Å². The summed E-state index contributed by atoms with van der Waals surface area (Å²) in [5.41, 5.74) is 3.32. The smallest absolute Gasteiger partial charge is 0.326 e. The third-order valence-electron chi connectivity index (χ3n) is 4.41. The van der Waals surface area contributed by atoms with Gasteiger partial charge < -0.3 is 9.30 Å². The quantitative estimate of drug-likeness (QED) is 0.250. The first kappa shape index (κ1) is 22.1. The SMILES string of the molecule is CCOC(=O)Cn1c(=NC(=O)/C=C/c2cccc([N+](=O)[O-])c2)sc2cc(C)cc(C)c21. The Kier molecular flexibility index (Phi) is 6.76. The maximum atomic E-state index is 12.5. The van der Waals surface area contributed by atoms with E-state index in [1.54, 1.807) is 23.6 Å². The largest absolute Gasteiger partial charge is 0.465 e. The summed E-state index contributed by atoms with van der Waals surface area (Å²) in [7, 11) is 0. The lowest BCUT2D eigenvalue weighted by molar-refractivity contribution is -0.384. The molecule has 9 heteroatoms. The Morgan fingerprint density at radius 1 is 1.26 bits per heavy atom. The van der Waals surface area contributed by atoms with E-state index in [-0.39, 0.29) is 18.8 Å². The van der Waals surface area contributed by atoms with Gasteiger partial charge in [-0.05, 0) is 49.6 Å². The second-order valence-electron chi connectivity index (χ2n) is 6.84. The normalized spacial score (nSPS) is 11.9. The summed E-state index contributed by atoms with van der Waals surface area (Å²) in [4.78, 5) is 39.6. The topological polar surface area (TPSA) is 104 Å². The average Bonchev–Trinajstić information content (AvgIpc) is 3.03. The Morgan fingerprint density at radius 2 is 2.03 bits per heavy atom. The van der Waals surface area contributed by atoms with Crippen LogP contribution in [0, 0.1) is 24.0 Å². The van der Waals surface area contributed by atoms with Crippen LogP contribution in [0.2, 0.25) is 0 Å². The molecule has 8 nitrogen and oxygen atoms in total. The number of rotatable bonds is 6. The Balaban J connectivity index is 2.01. The lowest BCUT2D eigenvalue weighted by atomic mass is 10.1. The molecule has 0 saturated carbocycles. The molecular weight excluding hydrogens is 418 g/mol. The van der Waals surface area contributed by atoms with Gasteiger partial charge in [0.05, 0.1) is 21.7 Å². The monoisotopic (exact) mass is 439 g/mol. The van der Waals surface area contributed by atoms with E-state index in [0.717, 1.165) is 21.3 Å². The zero-order chi connectivity index (χ0) is 22.5. The van der Waals surface area contributed by atoms with Gasteiger partial charge >= 0.3 is 5.97 Å². The van der Waals surface area contributed by atoms with Gasteiger partial charge in [0.25, 0.3) is 11.6 Å². The van der Waals surface area contributed by atoms with Crippen molar-refractivity contribution in [3.63, 3.8) is 0 Å². The predicted molar refractivity (Wildman–Crippen MR) is 119 cm³/mol. The fourth-order valence-corrected chi connectivity index (χ4v) is 4.41. The zero-order valence-electron chi connectivity index (χ0n) is 17.3. The maximum Gasteiger partial charge on any atom is 0.326 e. The minimum absolute atomic E-state index is 0.0571. The molecule has 3 aromatic rings. The average molecular weight is 439 g/mol. The number of ether oxygens (including phenoxy) is 1. The van der Waals surface area contributed by atoms with Gasteiger partial charge in [0.15, 0.2) is 4.80 Å². The third-order valence-corrected chi connectivity index (χ3v) is 5.44. The molecule has 0 N–H and O–H groups in total. The number of aromatic nitrogens is 1. The van der Waals surface area contributed by atoms with Crippen molar-refractivity contribution in [1.82, 2.24) is 4.57 Å². The highest BCUT2D eigenvalue weighted by molar-refractivity contribution is 7.16. The first-order chi connectivity index (χ1) is 14.8. The fourth-order valence-electron chi connectivity index (χ4n) is 3.20. The van der Waals surface area contributed by atoms with E-state index in [2.05, 4.69) is 4.99 Å². The molecule has 0 aliphatic heterocycles. The van der Waals surface area contributed by atoms with Gasteiger partial charge in [-0.3, -0.25) is 19.7 Å². The number of nitro groups is 1. The van der Waals surface area contributed by atoms with E-state index in [9.17, 15) is 19.7 Å². The lowest BCUT2D eigenvalue weighted by Crippen LogP contribution is -2.23. The van der Waals surface area contributed by atoms with E-state index in [0.29, 0.717) is 10.4 Å². The summed E-state index contributed by atoms with van der Waals surface area (Å²) in [6, 6.07) is 9.94. The van der Waals surface area contributed by atoms with E-state index in [1.807, 2.05) is 26.0 Å². The molecule has 3 rings (SSSR count). The van der Waals surface area contributed by atoms with Crippen LogP contribution in [0.5, 0.6) is 0 Å². The molecule has 1 heterocycles. The second-order valence-corrected chi connectivity index (χ2v) is 7.85. The Hall–Kier alpha value is -3.59. The van der Waals surface area contributed by atoms with Crippen molar-refractivity contribution in [2.24, 2.45) is 4.99 Å². The van der Waals surface area contributed by atoms with Crippen LogP contribution < -0.4 is 4.80 Å². The van der Waals surface area contributed by atoms with E-state index >= 15 is 0 Å². The van der Waals surface area contributed by atoms with Gasteiger partial charge in [-0.1, -0.05) is 29.5 Å². The van der Waals surface area contributed by atoms with Crippen molar-refractivity contribution in [3.8, 4) is 0 Å². The molecule has 1 aromatic heterocycles. The highest BCUT2D eigenvalue weighted by Gasteiger charge is 2.14. The van der Waals surface area contributed by atoms with Gasteiger partial charge in [0.1, 0.15) is 6.54 Å². The number of hydrogen-bond acceptors (Lipinski definition) is 6. The number of fused-ring (bicyclic) bond motifs is 1. The number of nitro benzene ring substituents is 1. The number of non-ortho nitro benzene ring substituents is 1. The van der Waals surface area contributed by atoms with Crippen molar-refractivity contribution in [2.75, 3.05) is 6.61 Å². The maximum absolute atomic E-state index is 12.5. The molecule has 2 aromatic carbocycles. The molecule has 0 unspecified atom stereocenters. The van der Waals surface area contributed by atoms with E-state index in [1.165, 1.54) is 35.6 Å². The van der Waals surface area contributed by atoms with Gasteiger partial charge in [0, 0.05) is 18.2 Å². The minimum atomic E-state index is -0.537. The van der Waals surface area contributed by atoms with Gasteiger partial charge in [0.2, 0.25) is 0 Å². The molecule has 0 spiro atoms. The second kappa shape index (κ2) is 9.48. The van der Waals surface area contributed by atoms with Gasteiger partial charge in [-0.25, -0.2) is 0 Å². The molecule has 160 valence electrons. The van der Waals surface area contributed by atoms with Crippen molar-refractivity contribution in [2.45, 2.75) is 27.3 Å². The van der Waals surface area contributed by atoms with Crippen LogP contribution in [-0.2, 0) is 20.9 Å². The van der Waals surface area contributed by atoms with Crippen LogP contribution in [0.25, 0.3) is 16.3 Å². The predicted octanol–water partition coefficient (Wildman–Crippen LogP) is 3.93. The minimum Gasteiger partial charge on any atom is -0.465 e. The van der Waals surface area contributed by atoms with Crippen LogP contribution in [0.15, 0.2) is 47.5 Å². The van der Waals surface area contributed by atoms with Crippen molar-refractivity contribution in [3.05, 3.63) is 74.1 Å². The number of esters is 1. The molecule has 0 radical (unpaired) electrons. The number of hydrogen-bond donors (Lipinski definition) is 0. The summed E-state index contributed by atoms with van der Waals surface area (Å²) in [5, 5.41) is 10.9. The Bertz CT molecular complexity index is 1270. The highest BCUT2D eigenvalue weighted by Crippen LogP contribution is 2.23. The van der Waals surface area contributed by atoms with Crippen LogP contribution in [0.1, 0.15) is 23.6 Å². The number of carbonyl (C=O) groups excluding carboxylic acids is 2. The first-order valence-electron chi connectivity index (χ1n) is 9.56. The van der Waals surface area contributed by atoms with Gasteiger partial charge in [-0.2, -0.15) is 4.99 Å². The summed E-state index contributed by atoms with van der Waals surface area (Å²) in [6.45, 7) is 5.86. The summed E-state index contributed by atoms with van der Waals surface area (Å²) >= 11 is 1.31. The van der Waals surface area contributed by atoms with E-state index in [4.69, 9.17) is 4.74 Å². The summed E-state index contributed by atoms with van der Waals surface area (Å²) < 4.78 is 7.67. The first-order valence-corrected chi connectivity index (χ1v) is 10.4. The lowest BCUT2D eigenvalue weighted by Gasteiger charge is -2.07. The third kappa shape index (κ3) is 5.32. The number of amides is 1. The van der Waals surface area contributed by atoms with Gasteiger partial charge in [-0.15, -0.1) is 0 Å². The molecule has 0 saturated heterocycles. The number of carbonyl (C=O) groups is 2. The molecular formula is C22H21N3O5S. The molecule has 0 aliphatic rings.